The van der Waals surface area contributed by atoms with Crippen LogP contribution in [-0.4, -0.2) is 88.6 Å². The third kappa shape index (κ3) is 6.27. The van der Waals surface area contributed by atoms with Crippen molar-refractivity contribution in [3.05, 3.63) is 108 Å². The van der Waals surface area contributed by atoms with Crippen molar-refractivity contribution in [1.82, 2.24) is 0 Å². The molecule has 1 aliphatic heterocycles. The first kappa shape index (κ1) is 37.4. The summed E-state index contributed by atoms with van der Waals surface area (Å²) in [6, 6.07) is 23.4. The van der Waals surface area contributed by atoms with E-state index in [1.165, 1.54) is 43.3 Å². The zero-order valence-corrected chi connectivity index (χ0v) is 29.8. The molecule has 13 nitrogen and oxygen atoms in total. The Morgan fingerprint density at radius 2 is 1.15 bits per heavy atom. The van der Waals surface area contributed by atoms with Crippen molar-refractivity contribution in [3.63, 3.8) is 0 Å². The minimum atomic E-state index is -2.43. The van der Waals surface area contributed by atoms with E-state index in [9.17, 15) is 29.1 Å². The molecule has 0 radical (unpaired) electrons. The number of aliphatic hydroxyl groups is 1. The van der Waals surface area contributed by atoms with Gasteiger partial charge in [0.25, 0.3) is 0 Å². The van der Waals surface area contributed by atoms with E-state index in [4.69, 9.17) is 28.4 Å². The summed E-state index contributed by atoms with van der Waals surface area (Å²) < 4.78 is 36.8. The van der Waals surface area contributed by atoms with E-state index in [0.717, 1.165) is 13.8 Å². The molecular formula is C40H40O13. The Kier molecular flexibility index (Phi) is 9.77. The molecule has 1 saturated heterocycles. The molecule has 0 amide bonds. The second kappa shape index (κ2) is 13.9. The smallest absolute Gasteiger partial charge is 0.338 e. The van der Waals surface area contributed by atoms with Gasteiger partial charge in [-0.3, -0.25) is 14.4 Å². The molecule has 1 spiro atoms. The standard InChI is InChI=1S/C40H40O13/c1-23(41)48-22-39-31(51-35(45)26-17-11-7-12-18-26)28(50-34(44)25-15-9-6-10-16-25)21-38(5,47)40(39)32(49-24(2)42)29(37(3,4)53-40)30(43)33(39)52-36(46)27-19-13-8-14-20-27/h6-20,28-29,31-33,47H,21-22H2,1-5H3/t28-,29+,31-,32+,33+,38-,39-,40-/m0/s1. The van der Waals surface area contributed by atoms with Crippen molar-refractivity contribution in [3.8, 4) is 0 Å². The van der Waals surface area contributed by atoms with Crippen LogP contribution in [0.1, 0.15) is 72.1 Å². The highest BCUT2D eigenvalue weighted by Gasteiger charge is 2.88. The fourth-order valence-corrected chi connectivity index (χ4v) is 8.41. The van der Waals surface area contributed by atoms with Crippen LogP contribution in [0, 0.1) is 11.3 Å². The maximum atomic E-state index is 15.1. The Bertz CT molecular complexity index is 1910. The number of hydrogen-bond acceptors (Lipinski definition) is 13. The highest BCUT2D eigenvalue weighted by molar-refractivity contribution is 5.97. The van der Waals surface area contributed by atoms with Crippen molar-refractivity contribution in [1.29, 1.82) is 0 Å². The molecule has 6 rings (SSSR count). The summed E-state index contributed by atoms with van der Waals surface area (Å²) in [5.41, 5.74) is -8.32. The van der Waals surface area contributed by atoms with E-state index >= 15 is 4.79 Å². The number of rotatable bonds is 9. The number of Topliss-reactive ketones (excluding diaryl/α,β-unsaturated/α-hetero) is 1. The van der Waals surface area contributed by atoms with Crippen LogP contribution in [0.4, 0.5) is 0 Å². The number of hydrogen-bond donors (Lipinski definition) is 1. The Morgan fingerprint density at radius 1 is 0.679 bits per heavy atom. The Hall–Kier alpha value is -5.40. The Balaban J connectivity index is 1.65. The molecule has 1 N–H and O–H groups in total. The van der Waals surface area contributed by atoms with Gasteiger partial charge in [0.1, 0.15) is 24.2 Å². The fourth-order valence-electron chi connectivity index (χ4n) is 8.41. The van der Waals surface area contributed by atoms with Crippen molar-refractivity contribution < 1.29 is 62.3 Å². The predicted octanol–water partition coefficient (Wildman–Crippen LogP) is 4.05. The van der Waals surface area contributed by atoms with Gasteiger partial charge >= 0.3 is 29.8 Å². The molecule has 8 atom stereocenters. The average Bonchev–Trinajstić information content (AvgIpc) is 3.33. The first-order valence-corrected chi connectivity index (χ1v) is 17.1. The molecule has 2 bridgehead atoms. The summed E-state index contributed by atoms with van der Waals surface area (Å²) in [5.74, 6) is -6.73. The topological polar surface area (TPSA) is 178 Å². The number of benzene rings is 3. The first-order chi connectivity index (χ1) is 25.1. The van der Waals surface area contributed by atoms with Crippen LogP contribution in [0.25, 0.3) is 0 Å². The summed E-state index contributed by atoms with van der Waals surface area (Å²) in [7, 11) is 0. The van der Waals surface area contributed by atoms with Gasteiger partial charge in [0.2, 0.25) is 0 Å². The molecule has 3 aromatic carbocycles. The van der Waals surface area contributed by atoms with Crippen LogP contribution in [0.15, 0.2) is 91.0 Å². The lowest BCUT2D eigenvalue weighted by molar-refractivity contribution is -0.347. The number of ether oxygens (including phenoxy) is 6. The lowest BCUT2D eigenvalue weighted by atomic mass is 9.46. The molecule has 3 aliphatic rings. The minimum absolute atomic E-state index is 0.0408. The quantitative estimate of drug-likeness (QED) is 0.247. The van der Waals surface area contributed by atoms with E-state index in [0.29, 0.717) is 0 Å². The molecule has 2 aliphatic carbocycles. The summed E-state index contributed by atoms with van der Waals surface area (Å²) in [5, 5.41) is 12.8. The third-order valence-corrected chi connectivity index (χ3v) is 10.4. The summed E-state index contributed by atoms with van der Waals surface area (Å²) in [4.78, 5) is 82.5. The van der Waals surface area contributed by atoms with Crippen molar-refractivity contribution in [2.45, 2.75) is 82.3 Å². The molecule has 3 aromatic rings. The molecule has 3 fully saturated rings. The van der Waals surface area contributed by atoms with Crippen molar-refractivity contribution in [2.75, 3.05) is 6.61 Å². The number of ketones is 1. The van der Waals surface area contributed by atoms with Crippen LogP contribution in [-0.2, 0) is 42.8 Å². The zero-order chi connectivity index (χ0) is 38.3. The molecule has 1 heterocycles. The Labute approximate surface area is 305 Å². The summed E-state index contributed by atoms with van der Waals surface area (Å²) in [6.07, 6.45) is -7.57. The van der Waals surface area contributed by atoms with Gasteiger partial charge < -0.3 is 33.5 Å². The Morgan fingerprint density at radius 3 is 1.62 bits per heavy atom. The van der Waals surface area contributed by atoms with E-state index in [1.54, 1.807) is 68.4 Å². The molecule has 0 aromatic heterocycles. The van der Waals surface area contributed by atoms with E-state index < -0.39 is 101 Å². The summed E-state index contributed by atoms with van der Waals surface area (Å²) >= 11 is 0. The number of carbonyl (C=O) groups excluding carboxylic acids is 6. The normalized spacial score (nSPS) is 31.0. The molecule has 0 unspecified atom stereocenters. The molecule has 13 heteroatoms. The molecular weight excluding hydrogens is 688 g/mol. The maximum absolute atomic E-state index is 15.1. The van der Waals surface area contributed by atoms with Gasteiger partial charge in [-0.05, 0) is 57.2 Å². The van der Waals surface area contributed by atoms with Crippen LogP contribution in [0.2, 0.25) is 0 Å². The third-order valence-electron chi connectivity index (χ3n) is 10.4. The highest BCUT2D eigenvalue weighted by atomic mass is 16.6. The van der Waals surface area contributed by atoms with Crippen LogP contribution in [0.5, 0.6) is 0 Å². The van der Waals surface area contributed by atoms with Crippen molar-refractivity contribution in [2.24, 2.45) is 11.3 Å². The zero-order valence-electron chi connectivity index (χ0n) is 29.8. The number of carbonyl (C=O) groups is 6. The second-order valence-electron chi connectivity index (χ2n) is 14.3. The van der Waals surface area contributed by atoms with Gasteiger partial charge in [0, 0.05) is 20.3 Å². The average molecular weight is 729 g/mol. The van der Waals surface area contributed by atoms with Crippen LogP contribution >= 0.6 is 0 Å². The van der Waals surface area contributed by atoms with E-state index in [-0.39, 0.29) is 16.7 Å². The van der Waals surface area contributed by atoms with Crippen molar-refractivity contribution >= 4 is 35.6 Å². The largest absolute Gasteiger partial charge is 0.465 e. The van der Waals surface area contributed by atoms with E-state index in [1.807, 2.05) is 0 Å². The second-order valence-corrected chi connectivity index (χ2v) is 14.3. The SMILES string of the molecule is CC(=O)OC[C@]12[C@H](OC(=O)c3ccccc3)C(=O)[C@@H]3[C@@H](OC(C)=O)[C@]1(OC3(C)C)[C@@](C)(O)C[C@H](OC(=O)c1ccccc1)[C@@H]2OC(=O)c1ccccc1. The van der Waals surface area contributed by atoms with Gasteiger partial charge in [-0.25, -0.2) is 14.4 Å². The van der Waals surface area contributed by atoms with Crippen LogP contribution in [0.3, 0.4) is 0 Å². The van der Waals surface area contributed by atoms with Gasteiger partial charge in [-0.15, -0.1) is 0 Å². The predicted molar refractivity (Wildman–Crippen MR) is 183 cm³/mol. The van der Waals surface area contributed by atoms with Crippen LogP contribution < -0.4 is 0 Å². The first-order valence-electron chi connectivity index (χ1n) is 17.1. The lowest BCUT2D eigenvalue weighted by Crippen LogP contribution is -2.85. The minimum Gasteiger partial charge on any atom is -0.465 e. The molecule has 53 heavy (non-hydrogen) atoms. The monoisotopic (exact) mass is 728 g/mol. The molecule has 278 valence electrons. The summed E-state index contributed by atoms with van der Waals surface area (Å²) in [6.45, 7) is 5.71. The highest BCUT2D eigenvalue weighted by Crippen LogP contribution is 2.68. The van der Waals surface area contributed by atoms with Gasteiger partial charge in [-0.1, -0.05) is 54.6 Å². The maximum Gasteiger partial charge on any atom is 0.338 e. The van der Waals surface area contributed by atoms with Gasteiger partial charge in [0.15, 0.2) is 23.6 Å². The lowest BCUT2D eigenvalue weighted by Gasteiger charge is -2.65. The van der Waals surface area contributed by atoms with Gasteiger partial charge in [-0.2, -0.15) is 0 Å². The number of esters is 5. The molecule has 2 saturated carbocycles. The number of fused-ring (bicyclic) bond motifs is 1. The van der Waals surface area contributed by atoms with E-state index in [2.05, 4.69) is 0 Å². The van der Waals surface area contributed by atoms with Gasteiger partial charge in [0.05, 0.1) is 33.8 Å². The fraction of sp³-hybridized carbons (Fsp3) is 0.400.